The molecule has 30 heavy (non-hydrogen) atoms. The Bertz CT molecular complexity index is 1450. The molecule has 0 aromatic heterocycles. The molecule has 0 nitrogen and oxygen atoms in total. The van der Waals surface area contributed by atoms with Crippen LogP contribution in [0.3, 0.4) is 0 Å². The molecule has 0 unspecified atom stereocenters. The average Bonchev–Trinajstić information content (AvgIpc) is 3.11. The molecule has 7 rings (SSSR count). The van der Waals surface area contributed by atoms with E-state index in [2.05, 4.69) is 119 Å². The Kier molecular flexibility index (Phi) is 3.16. The lowest BCUT2D eigenvalue weighted by Gasteiger charge is -2.43. The van der Waals surface area contributed by atoms with Crippen LogP contribution in [0.4, 0.5) is 0 Å². The quantitative estimate of drug-likeness (QED) is 0.241. The zero-order chi connectivity index (χ0) is 19.9. The molecule has 0 atom stereocenters. The molecular formula is C29H17Br. The first-order valence-corrected chi connectivity index (χ1v) is 11.1. The van der Waals surface area contributed by atoms with Gasteiger partial charge < -0.3 is 0 Å². The van der Waals surface area contributed by atoms with E-state index in [4.69, 9.17) is 0 Å². The molecule has 0 bridgehead atoms. The smallest absolute Gasteiger partial charge is 0.0619 e. The van der Waals surface area contributed by atoms with Crippen molar-refractivity contribution in [3.63, 3.8) is 0 Å². The van der Waals surface area contributed by atoms with E-state index in [1.807, 2.05) is 0 Å². The third-order valence-corrected chi connectivity index (χ3v) is 7.46. The van der Waals surface area contributed by atoms with Gasteiger partial charge in [0.05, 0.1) is 5.41 Å². The van der Waals surface area contributed by atoms with Crippen LogP contribution < -0.4 is 0 Å². The lowest BCUT2D eigenvalue weighted by molar-refractivity contribution is 0.745. The number of hydrogen-bond acceptors (Lipinski definition) is 0. The number of benzene rings is 5. The summed E-state index contributed by atoms with van der Waals surface area (Å²) in [5.41, 5.74) is 10.8. The second-order valence-corrected chi connectivity index (χ2v) is 9.19. The molecule has 1 spiro atoms. The fourth-order valence-corrected chi connectivity index (χ4v) is 5.99. The maximum Gasteiger partial charge on any atom is 0.0725 e. The van der Waals surface area contributed by atoms with Crippen LogP contribution in [0.5, 0.6) is 0 Å². The van der Waals surface area contributed by atoms with Crippen LogP contribution >= 0.6 is 15.9 Å². The molecule has 0 aliphatic heterocycles. The predicted octanol–water partition coefficient (Wildman–Crippen LogP) is 7.95. The van der Waals surface area contributed by atoms with Crippen molar-refractivity contribution in [3.8, 4) is 22.3 Å². The summed E-state index contributed by atoms with van der Waals surface area (Å²) in [5, 5.41) is 2.77. The zero-order valence-electron chi connectivity index (χ0n) is 16.2. The maximum absolute atomic E-state index is 3.56. The lowest BCUT2D eigenvalue weighted by Crippen LogP contribution is -2.36. The molecule has 2 aliphatic rings. The Hall–Kier alpha value is -3.16. The van der Waals surface area contributed by atoms with Gasteiger partial charge in [-0.25, -0.2) is 0 Å². The molecule has 0 saturated carbocycles. The van der Waals surface area contributed by atoms with Gasteiger partial charge in [-0.3, -0.25) is 0 Å². The van der Waals surface area contributed by atoms with Crippen LogP contribution in [0.15, 0.2) is 108 Å². The Morgan fingerprint density at radius 1 is 0.500 bits per heavy atom. The van der Waals surface area contributed by atoms with Gasteiger partial charge in [0.1, 0.15) is 0 Å². The summed E-state index contributed by atoms with van der Waals surface area (Å²) in [6.07, 6.45) is 0. The van der Waals surface area contributed by atoms with Crippen molar-refractivity contribution in [3.05, 3.63) is 130 Å². The maximum atomic E-state index is 3.56. The summed E-state index contributed by atoms with van der Waals surface area (Å²) < 4.78 is 1.11. The van der Waals surface area contributed by atoms with E-state index in [9.17, 15) is 0 Å². The van der Waals surface area contributed by atoms with Crippen LogP contribution in [0, 0.1) is 0 Å². The molecule has 1 heteroatoms. The van der Waals surface area contributed by atoms with E-state index in [-0.39, 0.29) is 5.41 Å². The fraction of sp³-hybridized carbons (Fsp3) is 0.0345. The zero-order valence-corrected chi connectivity index (χ0v) is 17.8. The van der Waals surface area contributed by atoms with Gasteiger partial charge in [0, 0.05) is 4.47 Å². The molecule has 0 amide bonds. The molecule has 0 saturated heterocycles. The van der Waals surface area contributed by atoms with Gasteiger partial charge in [-0.1, -0.05) is 101 Å². The molecule has 140 valence electrons. The number of halogens is 1. The highest BCUT2D eigenvalue weighted by atomic mass is 79.9. The lowest BCUT2D eigenvalue weighted by atomic mass is 9.58. The first-order valence-electron chi connectivity index (χ1n) is 10.3. The van der Waals surface area contributed by atoms with Crippen molar-refractivity contribution >= 4 is 26.7 Å². The van der Waals surface area contributed by atoms with E-state index >= 15 is 0 Å². The second-order valence-electron chi connectivity index (χ2n) is 8.27. The van der Waals surface area contributed by atoms with Crippen LogP contribution in [0.25, 0.3) is 33.0 Å². The number of fused-ring (bicyclic) bond motifs is 7. The normalized spacial score (nSPS) is 14.4. The molecular weight excluding hydrogens is 428 g/mol. The van der Waals surface area contributed by atoms with E-state index in [0.29, 0.717) is 0 Å². The molecule has 0 radical (unpaired) electrons. The van der Waals surface area contributed by atoms with Gasteiger partial charge in [0.25, 0.3) is 0 Å². The minimum absolute atomic E-state index is 0.159. The molecule has 5 aromatic rings. The van der Waals surface area contributed by atoms with Gasteiger partial charge >= 0.3 is 0 Å². The molecule has 5 aromatic carbocycles. The van der Waals surface area contributed by atoms with Crippen molar-refractivity contribution in [1.82, 2.24) is 0 Å². The van der Waals surface area contributed by atoms with Gasteiger partial charge in [0.2, 0.25) is 0 Å². The largest absolute Gasteiger partial charge is 0.0725 e. The minimum atomic E-state index is -0.159. The summed E-state index contributed by atoms with van der Waals surface area (Å²) in [5.74, 6) is 0. The summed E-state index contributed by atoms with van der Waals surface area (Å²) in [4.78, 5) is 0. The van der Waals surface area contributed by atoms with Crippen LogP contribution in [-0.4, -0.2) is 0 Å². The van der Waals surface area contributed by atoms with Gasteiger partial charge in [-0.15, -0.1) is 0 Å². The van der Waals surface area contributed by atoms with Crippen molar-refractivity contribution in [2.45, 2.75) is 5.41 Å². The monoisotopic (exact) mass is 444 g/mol. The first kappa shape index (κ1) is 16.6. The van der Waals surface area contributed by atoms with Gasteiger partial charge in [0.15, 0.2) is 0 Å². The first-order chi connectivity index (χ1) is 14.8. The average molecular weight is 445 g/mol. The summed E-state index contributed by atoms with van der Waals surface area (Å²) in [7, 11) is 0. The Labute approximate surface area is 184 Å². The highest BCUT2D eigenvalue weighted by Gasteiger charge is 2.52. The van der Waals surface area contributed by atoms with Gasteiger partial charge in [-0.05, 0) is 73.5 Å². The molecule has 0 heterocycles. The Morgan fingerprint density at radius 2 is 1.13 bits per heavy atom. The summed E-state index contributed by atoms with van der Waals surface area (Å²) >= 11 is 3.56. The third-order valence-electron chi connectivity index (χ3n) is 6.94. The number of hydrogen-bond donors (Lipinski definition) is 0. The van der Waals surface area contributed by atoms with E-state index < -0.39 is 0 Å². The SMILES string of the molecule is Brc1ccc(-c2ccc3c(c2)C2(c4ccccc4-3)c3cccc4cccc2c34)cc1. The van der Waals surface area contributed by atoms with Crippen LogP contribution in [0.2, 0.25) is 0 Å². The Morgan fingerprint density at radius 3 is 1.90 bits per heavy atom. The van der Waals surface area contributed by atoms with Crippen molar-refractivity contribution in [1.29, 1.82) is 0 Å². The molecule has 0 N–H and O–H groups in total. The molecule has 0 fully saturated rings. The third kappa shape index (κ3) is 1.87. The highest BCUT2D eigenvalue weighted by Crippen LogP contribution is 2.63. The van der Waals surface area contributed by atoms with Crippen molar-refractivity contribution < 1.29 is 0 Å². The van der Waals surface area contributed by atoms with E-state index in [1.54, 1.807) is 0 Å². The fourth-order valence-electron chi connectivity index (χ4n) is 5.73. The predicted molar refractivity (Wildman–Crippen MR) is 128 cm³/mol. The Balaban J connectivity index is 1.57. The van der Waals surface area contributed by atoms with Crippen LogP contribution in [0.1, 0.15) is 22.3 Å². The summed E-state index contributed by atoms with van der Waals surface area (Å²) in [6.45, 7) is 0. The highest BCUT2D eigenvalue weighted by molar-refractivity contribution is 9.10. The van der Waals surface area contributed by atoms with Gasteiger partial charge in [-0.2, -0.15) is 0 Å². The van der Waals surface area contributed by atoms with E-state index in [0.717, 1.165) is 4.47 Å². The standard InChI is InChI=1S/C29H17Br/c30-21-14-11-18(12-15-21)20-13-16-23-22-7-1-2-8-24(22)29(27(23)17-20)25-9-3-5-19-6-4-10-26(29)28(19)25/h1-17H. The van der Waals surface area contributed by atoms with E-state index in [1.165, 1.54) is 55.3 Å². The summed E-state index contributed by atoms with van der Waals surface area (Å²) in [6, 6.07) is 38.1. The molecule has 2 aliphatic carbocycles. The van der Waals surface area contributed by atoms with Crippen molar-refractivity contribution in [2.24, 2.45) is 0 Å². The topological polar surface area (TPSA) is 0 Å². The van der Waals surface area contributed by atoms with Crippen LogP contribution in [-0.2, 0) is 5.41 Å². The second kappa shape index (κ2) is 5.71. The number of rotatable bonds is 1. The van der Waals surface area contributed by atoms with Crippen molar-refractivity contribution in [2.75, 3.05) is 0 Å². The minimum Gasteiger partial charge on any atom is -0.0619 e.